The summed E-state index contributed by atoms with van der Waals surface area (Å²) in [5, 5.41) is 7.72. The van der Waals surface area contributed by atoms with E-state index in [4.69, 9.17) is 0 Å². The predicted octanol–water partition coefficient (Wildman–Crippen LogP) is 3.63. The second kappa shape index (κ2) is 5.98. The Morgan fingerprint density at radius 3 is 2.52 bits per heavy atom. The van der Waals surface area contributed by atoms with Gasteiger partial charge in [0.1, 0.15) is 5.82 Å². The Bertz CT molecular complexity index is 623. The molecule has 0 spiro atoms. The highest BCUT2D eigenvalue weighted by atomic mass is 19.1. The van der Waals surface area contributed by atoms with Gasteiger partial charge in [-0.3, -0.25) is 4.68 Å². The summed E-state index contributed by atoms with van der Waals surface area (Å²) in [5.74, 6) is -0.191. The van der Waals surface area contributed by atoms with Crippen LogP contribution in [0.3, 0.4) is 0 Å². The molecule has 0 radical (unpaired) electrons. The molecule has 0 aliphatic carbocycles. The van der Waals surface area contributed by atoms with E-state index in [1.165, 1.54) is 0 Å². The second-order valence-corrected chi connectivity index (χ2v) is 6.41. The Morgan fingerprint density at radius 1 is 1.24 bits per heavy atom. The van der Waals surface area contributed by atoms with Crippen LogP contribution in [0.2, 0.25) is 0 Å². The second-order valence-electron chi connectivity index (χ2n) is 6.41. The quantitative estimate of drug-likeness (QED) is 0.931. The van der Waals surface area contributed by atoms with Crippen molar-refractivity contribution in [2.75, 3.05) is 6.54 Å². The third kappa shape index (κ3) is 3.50. The molecule has 21 heavy (non-hydrogen) atoms. The topological polar surface area (TPSA) is 29.9 Å². The molecule has 0 saturated heterocycles. The van der Waals surface area contributed by atoms with Crippen molar-refractivity contribution in [3.05, 3.63) is 41.5 Å². The van der Waals surface area contributed by atoms with Crippen molar-refractivity contribution in [2.24, 2.45) is 7.05 Å². The van der Waals surface area contributed by atoms with Crippen molar-refractivity contribution < 1.29 is 4.39 Å². The van der Waals surface area contributed by atoms with Crippen molar-refractivity contribution in [3.63, 3.8) is 0 Å². The summed E-state index contributed by atoms with van der Waals surface area (Å²) in [6.07, 6.45) is 1.89. The average molecular weight is 289 g/mol. The molecule has 1 N–H and O–H groups in total. The van der Waals surface area contributed by atoms with Gasteiger partial charge in [0, 0.05) is 36.3 Å². The van der Waals surface area contributed by atoms with Crippen LogP contribution in [-0.2, 0) is 19.0 Å². The van der Waals surface area contributed by atoms with Gasteiger partial charge < -0.3 is 5.32 Å². The van der Waals surface area contributed by atoms with Gasteiger partial charge in [-0.15, -0.1) is 0 Å². The molecule has 0 amide bonds. The van der Waals surface area contributed by atoms with Gasteiger partial charge in [-0.05, 0) is 18.2 Å². The first-order valence-electron chi connectivity index (χ1n) is 7.36. The Morgan fingerprint density at radius 2 is 1.95 bits per heavy atom. The maximum Gasteiger partial charge on any atom is 0.131 e. The van der Waals surface area contributed by atoms with E-state index < -0.39 is 0 Å². The van der Waals surface area contributed by atoms with Crippen LogP contribution in [-0.4, -0.2) is 16.3 Å². The zero-order chi connectivity index (χ0) is 15.6. The summed E-state index contributed by atoms with van der Waals surface area (Å²) in [6, 6.07) is 5.44. The third-order valence-electron chi connectivity index (χ3n) is 3.44. The number of rotatable bonds is 4. The highest BCUT2D eigenvalue weighted by molar-refractivity contribution is 5.67. The largest absolute Gasteiger partial charge is 0.313 e. The van der Waals surface area contributed by atoms with E-state index in [-0.39, 0.29) is 11.2 Å². The van der Waals surface area contributed by atoms with Crippen LogP contribution in [0.25, 0.3) is 11.1 Å². The molecule has 3 nitrogen and oxygen atoms in total. The zero-order valence-corrected chi connectivity index (χ0v) is 13.5. The number of nitrogens with one attached hydrogen (secondary N) is 1. The van der Waals surface area contributed by atoms with Gasteiger partial charge in [0.2, 0.25) is 0 Å². The first-order valence-corrected chi connectivity index (χ1v) is 7.36. The van der Waals surface area contributed by atoms with Crippen molar-refractivity contribution in [1.82, 2.24) is 15.1 Å². The molecule has 1 aromatic carbocycles. The lowest BCUT2D eigenvalue weighted by molar-refractivity contribution is 0.553. The smallest absolute Gasteiger partial charge is 0.131 e. The number of aromatic nitrogens is 2. The molecule has 0 bridgehead atoms. The van der Waals surface area contributed by atoms with Crippen LogP contribution in [0, 0.1) is 5.82 Å². The Balaban J connectivity index is 2.43. The lowest BCUT2D eigenvalue weighted by atomic mass is 9.87. The van der Waals surface area contributed by atoms with Gasteiger partial charge in [0.15, 0.2) is 0 Å². The first-order chi connectivity index (χ1) is 9.82. The minimum absolute atomic E-state index is 0.120. The van der Waals surface area contributed by atoms with Gasteiger partial charge in [0.05, 0.1) is 5.69 Å². The Kier molecular flexibility index (Phi) is 4.47. The van der Waals surface area contributed by atoms with Crippen LogP contribution < -0.4 is 5.32 Å². The number of benzene rings is 1. The molecule has 1 aromatic heterocycles. The highest BCUT2D eigenvalue weighted by Gasteiger charge is 2.24. The number of aryl methyl sites for hydroxylation is 1. The van der Waals surface area contributed by atoms with Gasteiger partial charge in [0.25, 0.3) is 0 Å². The van der Waals surface area contributed by atoms with E-state index in [1.54, 1.807) is 10.7 Å². The molecule has 0 aliphatic heterocycles. The zero-order valence-electron chi connectivity index (χ0n) is 13.5. The molecule has 2 aromatic rings. The average Bonchev–Trinajstić information content (AvgIpc) is 2.78. The van der Waals surface area contributed by atoms with Crippen LogP contribution in [0.4, 0.5) is 4.39 Å². The summed E-state index contributed by atoms with van der Waals surface area (Å²) in [7, 11) is 1.87. The first kappa shape index (κ1) is 15.7. The van der Waals surface area contributed by atoms with E-state index in [0.717, 1.165) is 23.4 Å². The van der Waals surface area contributed by atoms with Crippen molar-refractivity contribution in [1.29, 1.82) is 0 Å². The van der Waals surface area contributed by atoms with Crippen LogP contribution in [0.15, 0.2) is 24.4 Å². The molecule has 4 heteroatoms. The van der Waals surface area contributed by atoms with Gasteiger partial charge in [-0.25, -0.2) is 4.39 Å². The Hall–Kier alpha value is -1.68. The van der Waals surface area contributed by atoms with E-state index in [0.29, 0.717) is 12.1 Å². The number of hydrogen-bond acceptors (Lipinski definition) is 2. The molecule has 0 aliphatic rings. The molecule has 2 rings (SSSR count). The molecule has 114 valence electrons. The van der Waals surface area contributed by atoms with Gasteiger partial charge >= 0.3 is 0 Å². The maximum absolute atomic E-state index is 14.5. The fourth-order valence-electron chi connectivity index (χ4n) is 2.40. The Labute approximate surface area is 126 Å². The molecule has 0 saturated carbocycles. The molecule has 0 atom stereocenters. The summed E-state index contributed by atoms with van der Waals surface area (Å²) in [4.78, 5) is 0. The van der Waals surface area contributed by atoms with E-state index in [1.807, 2.05) is 32.3 Å². The van der Waals surface area contributed by atoms with Crippen molar-refractivity contribution >= 4 is 0 Å². The fourth-order valence-corrected chi connectivity index (χ4v) is 2.40. The predicted molar refractivity (Wildman–Crippen MR) is 84.7 cm³/mol. The lowest BCUT2D eigenvalue weighted by Gasteiger charge is -2.18. The minimum atomic E-state index is -0.191. The third-order valence-corrected chi connectivity index (χ3v) is 3.44. The number of hydrogen-bond donors (Lipinski definition) is 1. The molecular formula is C17H24FN3. The lowest BCUT2D eigenvalue weighted by Crippen LogP contribution is -2.14. The van der Waals surface area contributed by atoms with Crippen LogP contribution in [0.5, 0.6) is 0 Å². The maximum atomic E-state index is 14.5. The summed E-state index contributed by atoms with van der Waals surface area (Å²) < 4.78 is 16.2. The van der Waals surface area contributed by atoms with Gasteiger partial charge in [-0.2, -0.15) is 5.10 Å². The van der Waals surface area contributed by atoms with E-state index >= 15 is 0 Å². The number of nitrogens with zero attached hydrogens (tertiary/aromatic N) is 2. The molecular weight excluding hydrogens is 265 g/mol. The fraction of sp³-hybridized carbons (Fsp3) is 0.471. The number of halogens is 1. The monoisotopic (exact) mass is 289 g/mol. The van der Waals surface area contributed by atoms with Crippen LogP contribution in [0.1, 0.15) is 39.0 Å². The van der Waals surface area contributed by atoms with E-state index in [9.17, 15) is 4.39 Å². The molecule has 0 fully saturated rings. The van der Waals surface area contributed by atoms with E-state index in [2.05, 4.69) is 31.2 Å². The summed E-state index contributed by atoms with van der Waals surface area (Å²) in [5.41, 5.74) is 3.25. The molecule has 1 heterocycles. The van der Waals surface area contributed by atoms with Crippen LogP contribution >= 0.6 is 0 Å². The highest BCUT2D eigenvalue weighted by Crippen LogP contribution is 2.33. The SMILES string of the molecule is CCNCc1ccc(-c2cn(C)nc2C(C)(C)C)c(F)c1. The van der Waals surface area contributed by atoms with Gasteiger partial charge in [-0.1, -0.05) is 39.8 Å². The standard InChI is InChI=1S/C17H24FN3/c1-6-19-10-12-7-8-13(15(18)9-12)14-11-21(5)20-16(14)17(2,3)4/h7-9,11,19H,6,10H2,1-5H3. The van der Waals surface area contributed by atoms with Crippen molar-refractivity contribution in [2.45, 2.75) is 39.7 Å². The summed E-state index contributed by atoms with van der Waals surface area (Å²) >= 11 is 0. The van der Waals surface area contributed by atoms with Crippen molar-refractivity contribution in [3.8, 4) is 11.1 Å². The normalized spacial score (nSPS) is 11.9. The minimum Gasteiger partial charge on any atom is -0.313 e. The summed E-state index contributed by atoms with van der Waals surface area (Å²) in [6.45, 7) is 9.88. The molecule has 0 unspecified atom stereocenters.